The summed E-state index contributed by atoms with van der Waals surface area (Å²) in [7, 11) is 0. The number of ether oxygens (including phenoxy) is 1. The van der Waals surface area contributed by atoms with Crippen LogP contribution in [0.15, 0.2) is 36.4 Å². The first-order chi connectivity index (χ1) is 13.5. The molecule has 4 heterocycles. The molecule has 5 rings (SSSR count). The summed E-state index contributed by atoms with van der Waals surface area (Å²) in [5.41, 5.74) is 2.89. The second-order valence-electron chi connectivity index (χ2n) is 7.79. The fourth-order valence-corrected chi connectivity index (χ4v) is 3.73. The summed E-state index contributed by atoms with van der Waals surface area (Å²) < 4.78 is 7.22. The third-order valence-electron chi connectivity index (χ3n) is 5.41. The smallest absolute Gasteiger partial charge is 0.247 e. The Labute approximate surface area is 165 Å². The Hall–Kier alpha value is -3.13. The standard InChI is InChI=1S/C20H22N6O2.2H2/c1-20(2)14-7-6-12(10-15(14)23-18(20)27)22-19-24-17-5-3-4-16(26(17)25-19)21-13-8-9-28-11-13;;/h3-7,10,13,21H,8-9,11H2,1-2H3,(H,22,25)(H,23,27);2*1H/t13-;;/m1../s1. The molecule has 2 aromatic heterocycles. The van der Waals surface area contributed by atoms with Crippen molar-refractivity contribution in [2.45, 2.75) is 31.7 Å². The van der Waals surface area contributed by atoms with Gasteiger partial charge < -0.3 is 20.7 Å². The van der Waals surface area contributed by atoms with Crippen LogP contribution >= 0.6 is 0 Å². The summed E-state index contributed by atoms with van der Waals surface area (Å²) in [5.74, 6) is 1.40. The molecule has 1 saturated heterocycles. The van der Waals surface area contributed by atoms with Gasteiger partial charge in [0.1, 0.15) is 5.82 Å². The molecule has 0 aliphatic carbocycles. The number of anilines is 4. The molecule has 148 valence electrons. The van der Waals surface area contributed by atoms with Crippen molar-refractivity contribution in [2.24, 2.45) is 0 Å². The van der Waals surface area contributed by atoms with Gasteiger partial charge in [0.25, 0.3) is 0 Å². The van der Waals surface area contributed by atoms with Crippen LogP contribution in [-0.2, 0) is 14.9 Å². The number of amides is 1. The minimum atomic E-state index is -0.514. The Bertz CT molecular complexity index is 1080. The average Bonchev–Trinajstić information content (AvgIpc) is 3.35. The van der Waals surface area contributed by atoms with Crippen LogP contribution in [-0.4, -0.2) is 39.8 Å². The molecule has 8 heteroatoms. The molecule has 0 bridgehead atoms. The molecule has 0 radical (unpaired) electrons. The quantitative estimate of drug-likeness (QED) is 0.640. The number of nitrogens with zero attached hydrogens (tertiary/aromatic N) is 3. The largest absolute Gasteiger partial charge is 0.379 e. The molecular weight excluding hydrogens is 356 g/mol. The number of rotatable bonds is 4. The molecule has 1 atom stereocenters. The van der Waals surface area contributed by atoms with E-state index in [1.807, 2.05) is 50.2 Å². The number of hydrogen-bond donors (Lipinski definition) is 3. The van der Waals surface area contributed by atoms with Crippen LogP contribution in [0, 0.1) is 0 Å². The fourth-order valence-electron chi connectivity index (χ4n) is 3.73. The van der Waals surface area contributed by atoms with Crippen molar-refractivity contribution < 1.29 is 12.4 Å². The number of hydrogen-bond acceptors (Lipinski definition) is 6. The van der Waals surface area contributed by atoms with Gasteiger partial charge in [-0.05, 0) is 50.1 Å². The number of fused-ring (bicyclic) bond motifs is 2. The Morgan fingerprint density at radius 1 is 1.32 bits per heavy atom. The van der Waals surface area contributed by atoms with Crippen LogP contribution in [0.25, 0.3) is 5.65 Å². The summed E-state index contributed by atoms with van der Waals surface area (Å²) in [6.45, 7) is 5.33. The van der Waals surface area contributed by atoms with Crippen LogP contribution in [0.5, 0.6) is 0 Å². The minimum absolute atomic E-state index is 0. The first-order valence-electron chi connectivity index (χ1n) is 9.44. The molecule has 28 heavy (non-hydrogen) atoms. The second kappa shape index (κ2) is 6.20. The van der Waals surface area contributed by atoms with Crippen molar-refractivity contribution in [3.05, 3.63) is 42.0 Å². The molecule has 0 spiro atoms. The summed E-state index contributed by atoms with van der Waals surface area (Å²) in [6.07, 6.45) is 0.980. The van der Waals surface area contributed by atoms with Gasteiger partial charge in [0, 0.05) is 20.8 Å². The van der Waals surface area contributed by atoms with E-state index in [-0.39, 0.29) is 14.8 Å². The molecule has 3 N–H and O–H groups in total. The number of aromatic nitrogens is 3. The number of carbonyl (C=O) groups is 1. The summed E-state index contributed by atoms with van der Waals surface area (Å²) in [5, 5.41) is 14.2. The number of nitrogens with one attached hydrogen (secondary N) is 3. The average molecular weight is 382 g/mol. The van der Waals surface area contributed by atoms with E-state index in [0.29, 0.717) is 12.6 Å². The van der Waals surface area contributed by atoms with Gasteiger partial charge in [0.05, 0.1) is 18.1 Å². The van der Waals surface area contributed by atoms with E-state index in [0.717, 1.165) is 41.4 Å². The van der Waals surface area contributed by atoms with E-state index < -0.39 is 5.41 Å². The predicted octanol–water partition coefficient (Wildman–Crippen LogP) is 3.40. The van der Waals surface area contributed by atoms with Crippen LogP contribution in [0.3, 0.4) is 0 Å². The van der Waals surface area contributed by atoms with Crippen molar-refractivity contribution >= 4 is 34.7 Å². The van der Waals surface area contributed by atoms with Crippen LogP contribution in [0.1, 0.15) is 28.7 Å². The van der Waals surface area contributed by atoms with Crippen LogP contribution < -0.4 is 16.0 Å². The monoisotopic (exact) mass is 382 g/mol. The first kappa shape index (κ1) is 17.0. The lowest BCUT2D eigenvalue weighted by Crippen LogP contribution is -2.26. The van der Waals surface area contributed by atoms with Crippen LogP contribution in [0.2, 0.25) is 0 Å². The highest BCUT2D eigenvalue weighted by molar-refractivity contribution is 6.06. The zero-order valence-corrected chi connectivity index (χ0v) is 15.8. The van der Waals surface area contributed by atoms with Gasteiger partial charge >= 0.3 is 0 Å². The van der Waals surface area contributed by atoms with E-state index in [4.69, 9.17) is 4.74 Å². The van der Waals surface area contributed by atoms with Crippen molar-refractivity contribution in [2.75, 3.05) is 29.2 Å². The van der Waals surface area contributed by atoms with Crippen molar-refractivity contribution in [1.82, 2.24) is 14.6 Å². The lowest BCUT2D eigenvalue weighted by Gasteiger charge is -2.15. The van der Waals surface area contributed by atoms with E-state index in [1.54, 1.807) is 4.52 Å². The Balaban J connectivity index is 0.00000128. The lowest BCUT2D eigenvalue weighted by molar-refractivity contribution is -0.119. The van der Waals surface area contributed by atoms with E-state index in [1.165, 1.54) is 0 Å². The molecule has 2 aliphatic rings. The summed E-state index contributed by atoms with van der Waals surface area (Å²) in [4.78, 5) is 16.7. The summed E-state index contributed by atoms with van der Waals surface area (Å²) >= 11 is 0. The van der Waals surface area contributed by atoms with Gasteiger partial charge in [-0.15, -0.1) is 5.10 Å². The van der Waals surface area contributed by atoms with E-state index >= 15 is 0 Å². The second-order valence-corrected chi connectivity index (χ2v) is 7.79. The molecule has 8 nitrogen and oxygen atoms in total. The molecule has 1 aromatic carbocycles. The maximum Gasteiger partial charge on any atom is 0.247 e. The normalized spacial score (nSPS) is 20.2. The van der Waals surface area contributed by atoms with Gasteiger partial charge in [-0.2, -0.15) is 9.50 Å². The highest BCUT2D eigenvalue weighted by atomic mass is 16.5. The third-order valence-corrected chi connectivity index (χ3v) is 5.41. The molecular formula is C20H26N6O2. The third kappa shape index (κ3) is 2.77. The summed E-state index contributed by atoms with van der Waals surface area (Å²) in [6, 6.07) is 12.0. The van der Waals surface area contributed by atoms with Gasteiger partial charge in [-0.3, -0.25) is 4.79 Å². The van der Waals surface area contributed by atoms with E-state index in [9.17, 15) is 4.79 Å². The SMILES string of the molecule is CC1(C)C(=O)Nc2cc(Nc3nc4cccc(N[C@@H]5CCOC5)n4n3)ccc21.[HH].[HH]. The van der Waals surface area contributed by atoms with Gasteiger partial charge in [-0.25, -0.2) is 0 Å². The van der Waals surface area contributed by atoms with E-state index in [2.05, 4.69) is 26.0 Å². The highest BCUT2D eigenvalue weighted by Crippen LogP contribution is 2.38. The molecule has 0 saturated carbocycles. The first-order valence-corrected chi connectivity index (χ1v) is 9.44. The maximum atomic E-state index is 12.1. The number of carbonyl (C=O) groups excluding carboxylic acids is 1. The predicted molar refractivity (Wildman–Crippen MR) is 111 cm³/mol. The Morgan fingerprint density at radius 3 is 3.04 bits per heavy atom. The van der Waals surface area contributed by atoms with Gasteiger partial charge in [0.15, 0.2) is 5.65 Å². The molecule has 1 fully saturated rings. The Kier molecular flexibility index (Phi) is 3.77. The van der Waals surface area contributed by atoms with Crippen molar-refractivity contribution in [3.8, 4) is 0 Å². The van der Waals surface area contributed by atoms with Gasteiger partial charge in [0.2, 0.25) is 11.9 Å². The van der Waals surface area contributed by atoms with Crippen LogP contribution in [0.4, 0.5) is 23.1 Å². The molecule has 2 aliphatic heterocycles. The van der Waals surface area contributed by atoms with Crippen molar-refractivity contribution in [3.63, 3.8) is 0 Å². The number of benzene rings is 1. The molecule has 3 aromatic rings. The maximum absolute atomic E-state index is 12.1. The minimum Gasteiger partial charge on any atom is -0.379 e. The highest BCUT2D eigenvalue weighted by Gasteiger charge is 2.38. The number of pyridine rings is 1. The fraction of sp³-hybridized carbons (Fsp3) is 0.350. The topological polar surface area (TPSA) is 92.6 Å². The zero-order chi connectivity index (χ0) is 19.3. The van der Waals surface area contributed by atoms with Gasteiger partial charge in [-0.1, -0.05) is 12.1 Å². The molecule has 0 unspecified atom stereocenters. The van der Waals surface area contributed by atoms with Crippen molar-refractivity contribution in [1.29, 1.82) is 0 Å². The zero-order valence-electron chi connectivity index (χ0n) is 15.8. The molecule has 1 amide bonds. The Morgan fingerprint density at radius 2 is 2.21 bits per heavy atom. The lowest BCUT2D eigenvalue weighted by atomic mass is 9.86.